The van der Waals surface area contributed by atoms with Crippen LogP contribution < -0.4 is 0 Å². The molecule has 2 heterocycles. The van der Waals surface area contributed by atoms with Crippen molar-refractivity contribution in [3.05, 3.63) is 70.9 Å². The molecule has 0 aliphatic carbocycles. The maximum atomic E-state index is 14.7. The Morgan fingerprint density at radius 3 is 2.50 bits per heavy atom. The van der Waals surface area contributed by atoms with Crippen molar-refractivity contribution in [2.24, 2.45) is 0 Å². The molecule has 2 aromatic carbocycles. The van der Waals surface area contributed by atoms with Crippen LogP contribution in [0.1, 0.15) is 36.7 Å². The Balaban J connectivity index is 1.81. The summed E-state index contributed by atoms with van der Waals surface area (Å²) >= 11 is 0. The van der Waals surface area contributed by atoms with Crippen LogP contribution in [0.3, 0.4) is 0 Å². The third-order valence-electron chi connectivity index (χ3n) is 5.93. The molecule has 4 heteroatoms. The quantitative estimate of drug-likeness (QED) is 0.635. The van der Waals surface area contributed by atoms with Gasteiger partial charge >= 0.3 is 0 Å². The normalized spacial score (nSPS) is 20.5. The Kier molecular flexibility index (Phi) is 4.31. The van der Waals surface area contributed by atoms with E-state index in [0.717, 1.165) is 23.8 Å². The third kappa shape index (κ3) is 2.73. The minimum atomic E-state index is -0.228. The Labute approximate surface area is 153 Å². The molecule has 0 saturated heterocycles. The van der Waals surface area contributed by atoms with E-state index in [-0.39, 0.29) is 17.7 Å². The van der Waals surface area contributed by atoms with E-state index in [2.05, 4.69) is 30.4 Å². The average molecular weight is 354 g/mol. The van der Waals surface area contributed by atoms with E-state index in [4.69, 9.17) is 0 Å². The van der Waals surface area contributed by atoms with Crippen molar-refractivity contribution in [1.82, 2.24) is 9.47 Å². The number of fused-ring (bicyclic) bond motifs is 3. The molecule has 0 fully saturated rings. The summed E-state index contributed by atoms with van der Waals surface area (Å²) in [5, 5.41) is 1.02. The van der Waals surface area contributed by atoms with Crippen LogP contribution in [0.15, 0.2) is 42.5 Å². The molecule has 2 atom stereocenters. The molecule has 2 unspecified atom stereocenters. The Morgan fingerprint density at radius 1 is 1.04 bits per heavy atom. The first-order valence-corrected chi connectivity index (χ1v) is 9.23. The number of likely N-dealkylation sites (N-methyl/N-ethyl adjacent to an activating group) is 1. The van der Waals surface area contributed by atoms with Gasteiger partial charge in [0.05, 0.1) is 5.52 Å². The molecule has 0 saturated carbocycles. The van der Waals surface area contributed by atoms with Crippen LogP contribution in [-0.4, -0.2) is 22.6 Å². The van der Waals surface area contributed by atoms with Gasteiger partial charge in [0.15, 0.2) is 0 Å². The zero-order chi connectivity index (χ0) is 18.4. The summed E-state index contributed by atoms with van der Waals surface area (Å²) in [5.41, 5.74) is 4.26. The maximum absolute atomic E-state index is 14.7. The van der Waals surface area contributed by atoms with E-state index >= 15 is 0 Å². The van der Waals surface area contributed by atoms with Gasteiger partial charge in [0.1, 0.15) is 11.6 Å². The highest BCUT2D eigenvalue weighted by Gasteiger charge is 2.32. The van der Waals surface area contributed by atoms with Crippen LogP contribution >= 0.6 is 0 Å². The number of aryl methyl sites for hydroxylation is 2. The number of rotatable bonds is 3. The van der Waals surface area contributed by atoms with E-state index in [1.54, 1.807) is 12.1 Å². The standard InChI is InChI=1S/C22H24F2N2/c1-14-13-20-21(15(2)25(14)3)18-5-4-6-19(24)22(18)26(20)12-11-16-7-9-17(23)10-8-16/h4-10,14-15H,11-13H2,1-3H3. The van der Waals surface area contributed by atoms with Crippen LogP contribution in [-0.2, 0) is 19.4 Å². The zero-order valence-corrected chi connectivity index (χ0v) is 15.5. The summed E-state index contributed by atoms with van der Waals surface area (Å²) in [4.78, 5) is 2.36. The largest absolute Gasteiger partial charge is 0.341 e. The molecule has 2 nitrogen and oxygen atoms in total. The van der Waals surface area contributed by atoms with Gasteiger partial charge in [0.2, 0.25) is 0 Å². The van der Waals surface area contributed by atoms with Gasteiger partial charge in [0, 0.05) is 36.1 Å². The third-order valence-corrected chi connectivity index (χ3v) is 5.93. The monoisotopic (exact) mass is 354 g/mol. The SMILES string of the molecule is CC1Cc2c(c3cccc(F)c3n2CCc2ccc(F)cc2)C(C)N1C. The van der Waals surface area contributed by atoms with Crippen molar-refractivity contribution in [3.63, 3.8) is 0 Å². The predicted octanol–water partition coefficient (Wildman–Crippen LogP) is 5.10. The van der Waals surface area contributed by atoms with Gasteiger partial charge in [-0.15, -0.1) is 0 Å². The van der Waals surface area contributed by atoms with Crippen molar-refractivity contribution in [2.75, 3.05) is 7.05 Å². The summed E-state index contributed by atoms with van der Waals surface area (Å²) in [7, 11) is 2.14. The van der Waals surface area contributed by atoms with Gasteiger partial charge in [-0.3, -0.25) is 4.90 Å². The predicted molar refractivity (Wildman–Crippen MR) is 101 cm³/mol. The van der Waals surface area contributed by atoms with E-state index in [0.29, 0.717) is 18.1 Å². The zero-order valence-electron chi connectivity index (χ0n) is 15.5. The summed E-state index contributed by atoms with van der Waals surface area (Å²) in [6.45, 7) is 5.11. The molecule has 1 aliphatic heterocycles. The lowest BCUT2D eigenvalue weighted by Gasteiger charge is -2.36. The average Bonchev–Trinajstić information content (AvgIpc) is 2.94. The van der Waals surface area contributed by atoms with Crippen LogP contribution in [0.5, 0.6) is 0 Å². The Morgan fingerprint density at radius 2 is 1.77 bits per heavy atom. The molecule has 4 rings (SSSR count). The molecule has 0 bridgehead atoms. The lowest BCUT2D eigenvalue weighted by Crippen LogP contribution is -2.38. The highest BCUT2D eigenvalue weighted by atomic mass is 19.1. The number of aromatic nitrogens is 1. The molecule has 0 spiro atoms. The summed E-state index contributed by atoms with van der Waals surface area (Å²) in [6.07, 6.45) is 1.66. The molecule has 3 aromatic rings. The number of hydrogen-bond acceptors (Lipinski definition) is 1. The van der Waals surface area contributed by atoms with Gasteiger partial charge in [-0.2, -0.15) is 0 Å². The van der Waals surface area contributed by atoms with E-state index in [1.165, 1.54) is 23.4 Å². The number of hydrogen-bond donors (Lipinski definition) is 0. The van der Waals surface area contributed by atoms with Crippen molar-refractivity contribution < 1.29 is 8.78 Å². The fourth-order valence-corrected chi connectivity index (χ4v) is 4.28. The molecule has 0 N–H and O–H groups in total. The molecule has 0 amide bonds. The molecule has 136 valence electrons. The molecule has 0 radical (unpaired) electrons. The summed E-state index contributed by atoms with van der Waals surface area (Å²) in [6, 6.07) is 12.6. The summed E-state index contributed by atoms with van der Waals surface area (Å²) in [5.74, 6) is -0.396. The lowest BCUT2D eigenvalue weighted by atomic mass is 9.93. The van der Waals surface area contributed by atoms with Crippen LogP contribution in [0.2, 0.25) is 0 Å². The minimum absolute atomic E-state index is 0.168. The van der Waals surface area contributed by atoms with Crippen LogP contribution in [0.25, 0.3) is 10.9 Å². The molecule has 1 aromatic heterocycles. The second kappa shape index (κ2) is 6.51. The van der Waals surface area contributed by atoms with Crippen molar-refractivity contribution in [3.8, 4) is 0 Å². The fourth-order valence-electron chi connectivity index (χ4n) is 4.28. The van der Waals surface area contributed by atoms with E-state index in [1.807, 2.05) is 18.2 Å². The van der Waals surface area contributed by atoms with E-state index < -0.39 is 0 Å². The second-order valence-electron chi connectivity index (χ2n) is 7.42. The summed E-state index contributed by atoms with van der Waals surface area (Å²) < 4.78 is 30.1. The lowest BCUT2D eigenvalue weighted by molar-refractivity contribution is 0.177. The van der Waals surface area contributed by atoms with Gasteiger partial charge in [0.25, 0.3) is 0 Å². The Bertz CT molecular complexity index is 943. The minimum Gasteiger partial charge on any atom is -0.341 e. The first-order chi connectivity index (χ1) is 12.5. The molecule has 1 aliphatic rings. The maximum Gasteiger partial charge on any atom is 0.147 e. The highest BCUT2D eigenvalue weighted by Crippen LogP contribution is 2.39. The van der Waals surface area contributed by atoms with Crippen LogP contribution in [0, 0.1) is 11.6 Å². The first kappa shape index (κ1) is 17.2. The number of halogens is 2. The molecular weight excluding hydrogens is 330 g/mol. The molecular formula is C22H24F2N2. The first-order valence-electron chi connectivity index (χ1n) is 9.23. The highest BCUT2D eigenvalue weighted by molar-refractivity contribution is 5.87. The number of benzene rings is 2. The van der Waals surface area contributed by atoms with Gasteiger partial charge in [-0.25, -0.2) is 8.78 Å². The topological polar surface area (TPSA) is 8.17 Å². The van der Waals surface area contributed by atoms with Crippen molar-refractivity contribution in [1.29, 1.82) is 0 Å². The number of nitrogens with zero attached hydrogens (tertiary/aromatic N) is 2. The van der Waals surface area contributed by atoms with E-state index in [9.17, 15) is 8.78 Å². The van der Waals surface area contributed by atoms with Crippen molar-refractivity contribution >= 4 is 10.9 Å². The number of para-hydroxylation sites is 1. The fraction of sp³-hybridized carbons (Fsp3) is 0.364. The van der Waals surface area contributed by atoms with Crippen molar-refractivity contribution in [2.45, 2.75) is 45.3 Å². The van der Waals surface area contributed by atoms with Gasteiger partial charge in [-0.05, 0) is 56.6 Å². The van der Waals surface area contributed by atoms with Gasteiger partial charge in [-0.1, -0.05) is 24.3 Å². The molecule has 26 heavy (non-hydrogen) atoms. The Hall–Kier alpha value is -2.20. The smallest absolute Gasteiger partial charge is 0.147 e. The second-order valence-corrected chi connectivity index (χ2v) is 7.42. The van der Waals surface area contributed by atoms with Gasteiger partial charge < -0.3 is 4.57 Å². The van der Waals surface area contributed by atoms with Crippen LogP contribution in [0.4, 0.5) is 8.78 Å².